The lowest BCUT2D eigenvalue weighted by atomic mass is 9.84. The molecule has 1 saturated heterocycles. The maximum Gasteiger partial charge on any atom is 0.141 e. The Labute approximate surface area is 132 Å². The van der Waals surface area contributed by atoms with Gasteiger partial charge in [0.2, 0.25) is 0 Å². The number of ether oxygens (including phenoxy) is 1. The zero-order valence-corrected chi connectivity index (χ0v) is 13.7. The average Bonchev–Trinajstić information content (AvgIpc) is 2.47. The SMILES string of the molecule is CCCNC(Cc1ccc(F)c(Cl)c1)C1(C)CCCCO1. The zero-order chi connectivity index (χ0) is 15.3. The van der Waals surface area contributed by atoms with Crippen LogP contribution in [0.5, 0.6) is 0 Å². The van der Waals surface area contributed by atoms with Crippen molar-refractivity contribution in [3.8, 4) is 0 Å². The molecule has 0 bridgehead atoms. The third kappa shape index (κ3) is 4.41. The van der Waals surface area contributed by atoms with Gasteiger partial charge in [-0.25, -0.2) is 4.39 Å². The van der Waals surface area contributed by atoms with Gasteiger partial charge in [0.05, 0.1) is 10.6 Å². The van der Waals surface area contributed by atoms with E-state index in [0.29, 0.717) is 0 Å². The van der Waals surface area contributed by atoms with Crippen LogP contribution in [0.4, 0.5) is 4.39 Å². The third-order valence-corrected chi connectivity index (χ3v) is 4.59. The molecule has 1 fully saturated rings. The lowest BCUT2D eigenvalue weighted by Gasteiger charge is -2.41. The van der Waals surface area contributed by atoms with Crippen LogP contribution in [-0.2, 0) is 11.2 Å². The number of halogens is 2. The van der Waals surface area contributed by atoms with Crippen LogP contribution in [0.3, 0.4) is 0 Å². The van der Waals surface area contributed by atoms with Crippen molar-refractivity contribution in [3.05, 3.63) is 34.6 Å². The molecule has 0 radical (unpaired) electrons. The van der Waals surface area contributed by atoms with E-state index in [1.54, 1.807) is 6.07 Å². The molecule has 2 atom stereocenters. The van der Waals surface area contributed by atoms with E-state index in [-0.39, 0.29) is 22.5 Å². The largest absolute Gasteiger partial charge is 0.374 e. The van der Waals surface area contributed by atoms with E-state index in [1.807, 2.05) is 6.07 Å². The molecule has 1 aliphatic heterocycles. The van der Waals surface area contributed by atoms with Crippen LogP contribution in [0.2, 0.25) is 5.02 Å². The van der Waals surface area contributed by atoms with E-state index >= 15 is 0 Å². The van der Waals surface area contributed by atoms with Crippen LogP contribution in [0, 0.1) is 5.82 Å². The standard InChI is InChI=1S/C17H25ClFNO/c1-3-9-20-16(17(2)8-4-5-10-21-17)12-13-6-7-15(19)14(18)11-13/h6-7,11,16,20H,3-5,8-10,12H2,1-2H3. The quantitative estimate of drug-likeness (QED) is 0.843. The average molecular weight is 314 g/mol. The minimum atomic E-state index is -0.362. The number of rotatable bonds is 6. The van der Waals surface area contributed by atoms with Gasteiger partial charge in [-0.05, 0) is 63.3 Å². The zero-order valence-electron chi connectivity index (χ0n) is 12.9. The second kappa shape index (κ2) is 7.57. The summed E-state index contributed by atoms with van der Waals surface area (Å²) in [5.74, 6) is -0.362. The van der Waals surface area contributed by atoms with Crippen molar-refractivity contribution in [1.82, 2.24) is 5.32 Å². The highest BCUT2D eigenvalue weighted by molar-refractivity contribution is 6.30. The Balaban J connectivity index is 2.13. The highest BCUT2D eigenvalue weighted by Gasteiger charge is 2.36. The predicted molar refractivity (Wildman–Crippen MR) is 85.4 cm³/mol. The van der Waals surface area contributed by atoms with Gasteiger partial charge in [-0.15, -0.1) is 0 Å². The molecule has 118 valence electrons. The Morgan fingerprint density at radius 3 is 2.86 bits per heavy atom. The highest BCUT2D eigenvalue weighted by atomic mass is 35.5. The Morgan fingerprint density at radius 2 is 2.24 bits per heavy atom. The van der Waals surface area contributed by atoms with E-state index < -0.39 is 0 Å². The van der Waals surface area contributed by atoms with Crippen LogP contribution in [0.25, 0.3) is 0 Å². The van der Waals surface area contributed by atoms with Crippen LogP contribution >= 0.6 is 11.6 Å². The van der Waals surface area contributed by atoms with Crippen molar-refractivity contribution in [2.24, 2.45) is 0 Å². The van der Waals surface area contributed by atoms with Gasteiger partial charge in [-0.1, -0.05) is 24.6 Å². The van der Waals surface area contributed by atoms with Crippen molar-refractivity contribution in [2.75, 3.05) is 13.2 Å². The summed E-state index contributed by atoms with van der Waals surface area (Å²) in [6.07, 6.45) is 5.28. The fourth-order valence-electron chi connectivity index (χ4n) is 2.96. The molecule has 0 saturated carbocycles. The molecule has 2 unspecified atom stereocenters. The molecule has 0 aliphatic carbocycles. The van der Waals surface area contributed by atoms with Crippen LogP contribution in [-0.4, -0.2) is 24.8 Å². The second-order valence-corrected chi connectivity index (χ2v) is 6.48. The molecule has 1 aromatic carbocycles. The molecule has 4 heteroatoms. The number of benzene rings is 1. The summed E-state index contributed by atoms with van der Waals surface area (Å²) >= 11 is 5.90. The van der Waals surface area contributed by atoms with Gasteiger partial charge in [-0.2, -0.15) is 0 Å². The van der Waals surface area contributed by atoms with Crippen molar-refractivity contribution in [1.29, 1.82) is 0 Å². The Kier molecular flexibility index (Phi) is 6.03. The molecule has 0 aromatic heterocycles. The van der Waals surface area contributed by atoms with E-state index in [9.17, 15) is 4.39 Å². The fourth-order valence-corrected chi connectivity index (χ4v) is 3.16. The third-order valence-electron chi connectivity index (χ3n) is 4.30. The Hall–Kier alpha value is -0.640. The van der Waals surface area contributed by atoms with E-state index in [4.69, 9.17) is 16.3 Å². The monoisotopic (exact) mass is 313 g/mol. The summed E-state index contributed by atoms with van der Waals surface area (Å²) in [7, 11) is 0. The number of hydrogen-bond donors (Lipinski definition) is 1. The van der Waals surface area contributed by atoms with Crippen LogP contribution in [0.1, 0.15) is 45.1 Å². The smallest absolute Gasteiger partial charge is 0.141 e. The maximum absolute atomic E-state index is 13.3. The van der Waals surface area contributed by atoms with Gasteiger partial charge in [0.15, 0.2) is 0 Å². The van der Waals surface area contributed by atoms with Crippen LogP contribution in [0.15, 0.2) is 18.2 Å². The Bertz CT molecular complexity index is 460. The second-order valence-electron chi connectivity index (χ2n) is 6.08. The van der Waals surface area contributed by atoms with Crippen molar-refractivity contribution >= 4 is 11.6 Å². The first-order valence-electron chi connectivity index (χ1n) is 7.86. The summed E-state index contributed by atoms with van der Waals surface area (Å²) in [6, 6.07) is 5.20. The number of hydrogen-bond acceptors (Lipinski definition) is 2. The molecule has 0 spiro atoms. The topological polar surface area (TPSA) is 21.3 Å². The molecule has 2 nitrogen and oxygen atoms in total. The lowest BCUT2D eigenvalue weighted by molar-refractivity contribution is -0.0883. The summed E-state index contributed by atoms with van der Waals surface area (Å²) in [6.45, 7) is 6.12. The van der Waals surface area contributed by atoms with Crippen molar-refractivity contribution in [3.63, 3.8) is 0 Å². The van der Waals surface area contributed by atoms with Crippen LogP contribution < -0.4 is 5.32 Å². The van der Waals surface area contributed by atoms with E-state index in [2.05, 4.69) is 19.2 Å². The first-order valence-corrected chi connectivity index (χ1v) is 8.24. The van der Waals surface area contributed by atoms with Gasteiger partial charge < -0.3 is 10.1 Å². The molecule has 2 rings (SSSR count). The normalized spacial score (nSPS) is 24.0. The van der Waals surface area contributed by atoms with Gasteiger partial charge in [0.1, 0.15) is 5.82 Å². The van der Waals surface area contributed by atoms with E-state index in [0.717, 1.165) is 44.4 Å². The molecule has 1 aliphatic rings. The fraction of sp³-hybridized carbons (Fsp3) is 0.647. The van der Waals surface area contributed by atoms with Crippen molar-refractivity contribution < 1.29 is 9.13 Å². The Morgan fingerprint density at radius 1 is 1.43 bits per heavy atom. The van der Waals surface area contributed by atoms with E-state index in [1.165, 1.54) is 12.5 Å². The molecular formula is C17H25ClFNO. The molecule has 1 aromatic rings. The molecule has 0 amide bonds. The van der Waals surface area contributed by atoms with Crippen molar-refractivity contribution in [2.45, 2.75) is 57.6 Å². The highest BCUT2D eigenvalue weighted by Crippen LogP contribution is 2.30. The first kappa shape index (κ1) is 16.7. The molecule has 1 N–H and O–H groups in total. The molecular weight excluding hydrogens is 289 g/mol. The summed E-state index contributed by atoms with van der Waals surface area (Å²) in [5.41, 5.74) is 0.888. The van der Waals surface area contributed by atoms with Gasteiger partial charge in [0.25, 0.3) is 0 Å². The minimum Gasteiger partial charge on any atom is -0.374 e. The first-order chi connectivity index (χ1) is 10.0. The maximum atomic E-state index is 13.3. The summed E-state index contributed by atoms with van der Waals surface area (Å²) in [4.78, 5) is 0. The molecule has 1 heterocycles. The minimum absolute atomic E-state index is 0.158. The van der Waals surface area contributed by atoms with Gasteiger partial charge in [0, 0.05) is 12.6 Å². The lowest BCUT2D eigenvalue weighted by Crippen LogP contribution is -2.53. The predicted octanol–water partition coefficient (Wildman–Crippen LogP) is 4.35. The summed E-state index contributed by atoms with van der Waals surface area (Å²) < 4.78 is 19.4. The molecule has 21 heavy (non-hydrogen) atoms. The van der Waals surface area contributed by atoms with Gasteiger partial charge in [-0.3, -0.25) is 0 Å². The van der Waals surface area contributed by atoms with Gasteiger partial charge >= 0.3 is 0 Å². The summed E-state index contributed by atoms with van der Waals surface area (Å²) in [5, 5.41) is 3.79. The number of nitrogens with one attached hydrogen (secondary N) is 1.